The summed E-state index contributed by atoms with van der Waals surface area (Å²) in [6, 6.07) is 6.11. The standard InChI is InChI=1S/C13H13FO.C12H14F5NOS/c1-3-5-10(6-4-2)11-7-8-13(15)12(14)9-11;1-11(2,3)20(19)18-9-5-7(4-8(13)6-9)12(16,17)10(14)15/h3-9,15H,1H2,2H3;4-6,10,18H,1-3H3/b6-4-,10-5+;. The van der Waals surface area contributed by atoms with Crippen molar-refractivity contribution < 1.29 is 35.7 Å². The van der Waals surface area contributed by atoms with Crippen molar-refractivity contribution in [3.8, 4) is 5.75 Å². The molecule has 35 heavy (non-hydrogen) atoms. The number of benzene rings is 2. The van der Waals surface area contributed by atoms with Crippen molar-refractivity contribution in [1.29, 1.82) is 0 Å². The summed E-state index contributed by atoms with van der Waals surface area (Å²) in [4.78, 5) is 0. The Kier molecular flexibility index (Phi) is 10.8. The van der Waals surface area contributed by atoms with Gasteiger partial charge in [-0.3, -0.25) is 0 Å². The van der Waals surface area contributed by atoms with Crippen molar-refractivity contribution in [2.75, 3.05) is 4.72 Å². The first-order valence-electron chi connectivity index (χ1n) is 10.2. The highest BCUT2D eigenvalue weighted by molar-refractivity contribution is 7.87. The lowest BCUT2D eigenvalue weighted by Gasteiger charge is -2.20. The van der Waals surface area contributed by atoms with Crippen LogP contribution < -0.4 is 4.72 Å². The van der Waals surface area contributed by atoms with Crippen LogP contribution in [0, 0.1) is 11.6 Å². The topological polar surface area (TPSA) is 49.3 Å². The molecule has 2 rings (SSSR count). The lowest BCUT2D eigenvalue weighted by molar-refractivity contribution is -0.135. The maximum Gasteiger partial charge on any atom is 0.332 e. The van der Waals surface area contributed by atoms with E-state index in [9.17, 15) is 30.6 Å². The average molecular weight is 520 g/mol. The molecule has 0 aromatic heterocycles. The van der Waals surface area contributed by atoms with Gasteiger partial charge in [0.15, 0.2) is 11.6 Å². The first-order chi connectivity index (χ1) is 16.1. The molecule has 0 saturated heterocycles. The number of allylic oxidation sites excluding steroid dienone is 5. The summed E-state index contributed by atoms with van der Waals surface area (Å²) in [5.41, 5.74) is 0.157. The van der Waals surface area contributed by atoms with Gasteiger partial charge in [0.05, 0.1) is 4.75 Å². The van der Waals surface area contributed by atoms with Gasteiger partial charge in [-0.05, 0) is 69.2 Å². The fourth-order valence-corrected chi connectivity index (χ4v) is 3.11. The van der Waals surface area contributed by atoms with E-state index in [1.807, 2.05) is 19.1 Å². The first-order valence-corrected chi connectivity index (χ1v) is 11.4. The molecule has 192 valence electrons. The number of phenolic OH excluding ortho intramolecular Hbond substituents is 1. The number of hydrogen-bond donors (Lipinski definition) is 2. The van der Waals surface area contributed by atoms with Gasteiger partial charge >= 0.3 is 12.3 Å². The second-order valence-corrected chi connectivity index (χ2v) is 10.1. The average Bonchev–Trinajstić information content (AvgIpc) is 2.75. The van der Waals surface area contributed by atoms with Crippen molar-refractivity contribution in [3.63, 3.8) is 0 Å². The van der Waals surface area contributed by atoms with E-state index < -0.39 is 45.3 Å². The SMILES string of the molecule is C=C/C=C(\C=C/C)c1ccc(O)c(F)c1.CC(C)(C)S(=O)Nc1cc(F)cc(C(F)(F)C(F)F)c1. The number of nitrogens with one attached hydrogen (secondary N) is 1. The van der Waals surface area contributed by atoms with E-state index in [1.165, 1.54) is 12.1 Å². The number of hydrogen-bond acceptors (Lipinski definition) is 2. The van der Waals surface area contributed by atoms with Gasteiger partial charge < -0.3 is 9.83 Å². The lowest BCUT2D eigenvalue weighted by Crippen LogP contribution is -2.28. The van der Waals surface area contributed by atoms with Crippen LogP contribution in [-0.2, 0) is 16.9 Å². The van der Waals surface area contributed by atoms with E-state index in [2.05, 4.69) is 11.3 Å². The van der Waals surface area contributed by atoms with E-state index in [0.29, 0.717) is 17.7 Å². The Morgan fingerprint density at radius 2 is 1.74 bits per heavy atom. The molecule has 0 fully saturated rings. The Bertz CT molecular complexity index is 1110. The summed E-state index contributed by atoms with van der Waals surface area (Å²) in [6.45, 7) is 10.3. The van der Waals surface area contributed by atoms with Crippen molar-refractivity contribution >= 4 is 22.2 Å². The molecule has 2 aromatic carbocycles. The molecule has 0 radical (unpaired) electrons. The number of alkyl halides is 4. The molecule has 0 heterocycles. The number of rotatable bonds is 7. The Balaban J connectivity index is 0.000000365. The van der Waals surface area contributed by atoms with Crippen molar-refractivity contribution in [2.24, 2.45) is 0 Å². The van der Waals surface area contributed by atoms with E-state index in [0.717, 1.165) is 11.6 Å². The number of aromatic hydroxyl groups is 1. The highest BCUT2D eigenvalue weighted by Gasteiger charge is 2.43. The molecular formula is C25H27F6NO2S. The van der Waals surface area contributed by atoms with Crippen molar-refractivity contribution in [2.45, 2.75) is 44.8 Å². The molecular weight excluding hydrogens is 492 g/mol. The minimum atomic E-state index is -4.47. The third-order valence-electron chi connectivity index (χ3n) is 4.25. The second-order valence-electron chi connectivity index (χ2n) is 8.16. The summed E-state index contributed by atoms with van der Waals surface area (Å²) in [5, 5.41) is 9.05. The Labute approximate surface area is 203 Å². The quantitative estimate of drug-likeness (QED) is 0.291. The summed E-state index contributed by atoms with van der Waals surface area (Å²) in [5.74, 6) is -6.54. The zero-order valence-corrected chi connectivity index (χ0v) is 20.4. The van der Waals surface area contributed by atoms with E-state index >= 15 is 0 Å². The van der Waals surface area contributed by atoms with Crippen LogP contribution >= 0.6 is 0 Å². The predicted molar refractivity (Wildman–Crippen MR) is 129 cm³/mol. The Morgan fingerprint density at radius 1 is 1.11 bits per heavy atom. The minimum absolute atomic E-state index is 0.242. The number of phenols is 1. The van der Waals surface area contributed by atoms with Gasteiger partial charge in [0.2, 0.25) is 0 Å². The molecule has 0 amide bonds. The maximum absolute atomic E-state index is 13.3. The van der Waals surface area contributed by atoms with Crippen LogP contribution in [0.15, 0.2) is 67.3 Å². The monoisotopic (exact) mass is 519 g/mol. The predicted octanol–water partition coefficient (Wildman–Crippen LogP) is 7.73. The van der Waals surface area contributed by atoms with E-state index in [1.54, 1.807) is 39.0 Å². The van der Waals surface area contributed by atoms with Crippen molar-refractivity contribution in [1.82, 2.24) is 0 Å². The fraction of sp³-hybridized carbons (Fsp3) is 0.280. The molecule has 2 N–H and O–H groups in total. The molecule has 2 aromatic rings. The largest absolute Gasteiger partial charge is 0.505 e. The van der Waals surface area contributed by atoms with Crippen LogP contribution in [0.4, 0.5) is 32.0 Å². The third kappa shape index (κ3) is 8.93. The van der Waals surface area contributed by atoms with Crippen LogP contribution in [-0.4, -0.2) is 20.5 Å². The number of halogens is 6. The van der Waals surface area contributed by atoms with E-state index in [-0.39, 0.29) is 11.4 Å². The van der Waals surface area contributed by atoms with Gasteiger partial charge in [0.1, 0.15) is 16.8 Å². The highest BCUT2D eigenvalue weighted by atomic mass is 32.2. The molecule has 3 nitrogen and oxygen atoms in total. The number of anilines is 1. The molecule has 10 heteroatoms. The lowest BCUT2D eigenvalue weighted by atomic mass is 10.0. The first kappa shape index (κ1) is 30.0. The summed E-state index contributed by atoms with van der Waals surface area (Å²) in [6.07, 6.45) is 3.18. The Morgan fingerprint density at radius 3 is 2.23 bits per heavy atom. The normalized spacial score (nSPS) is 13.4. The van der Waals surface area contributed by atoms with Crippen LogP contribution in [0.2, 0.25) is 0 Å². The van der Waals surface area contributed by atoms with Gasteiger partial charge in [0.25, 0.3) is 0 Å². The summed E-state index contributed by atoms with van der Waals surface area (Å²) in [7, 11) is -1.69. The van der Waals surface area contributed by atoms with Crippen LogP contribution in [0.3, 0.4) is 0 Å². The van der Waals surface area contributed by atoms with Gasteiger partial charge in [0, 0.05) is 11.3 Å². The van der Waals surface area contributed by atoms with Crippen LogP contribution in [0.25, 0.3) is 5.57 Å². The minimum Gasteiger partial charge on any atom is -0.505 e. The zero-order valence-electron chi connectivity index (χ0n) is 19.6. The zero-order chi connectivity index (χ0) is 27.0. The molecule has 0 spiro atoms. The molecule has 0 aliphatic rings. The van der Waals surface area contributed by atoms with Crippen molar-refractivity contribution in [3.05, 3.63) is 90.0 Å². The fourth-order valence-electron chi connectivity index (χ4n) is 2.47. The molecule has 0 aliphatic heterocycles. The molecule has 1 atom stereocenters. The molecule has 0 bridgehead atoms. The molecule has 0 aliphatic carbocycles. The summed E-state index contributed by atoms with van der Waals surface area (Å²) >= 11 is 0. The maximum atomic E-state index is 13.3. The Hall–Kier alpha value is -3.01. The van der Waals surface area contributed by atoms with Gasteiger partial charge in [-0.15, -0.1) is 0 Å². The van der Waals surface area contributed by atoms with Gasteiger partial charge in [-0.2, -0.15) is 8.78 Å². The third-order valence-corrected chi connectivity index (χ3v) is 5.78. The van der Waals surface area contributed by atoms with Gasteiger partial charge in [-0.1, -0.05) is 36.9 Å². The van der Waals surface area contributed by atoms with Crippen LogP contribution in [0.1, 0.15) is 38.8 Å². The molecule has 0 saturated carbocycles. The highest BCUT2D eigenvalue weighted by Crippen LogP contribution is 2.36. The molecule has 1 unspecified atom stereocenters. The van der Waals surface area contributed by atoms with E-state index in [4.69, 9.17) is 5.11 Å². The smallest absolute Gasteiger partial charge is 0.332 e. The van der Waals surface area contributed by atoms with Crippen LogP contribution in [0.5, 0.6) is 5.75 Å². The summed E-state index contributed by atoms with van der Waals surface area (Å²) < 4.78 is 90.6. The van der Waals surface area contributed by atoms with Gasteiger partial charge in [-0.25, -0.2) is 21.8 Å². The second kappa shape index (κ2) is 12.6.